The molecule has 0 saturated carbocycles. The Balaban J connectivity index is 2.32. The highest BCUT2D eigenvalue weighted by molar-refractivity contribution is 6.05. The number of anilines is 1. The fourth-order valence-corrected chi connectivity index (χ4v) is 2.18. The molecule has 0 radical (unpaired) electrons. The van der Waals surface area contributed by atoms with E-state index in [9.17, 15) is 14.4 Å². The highest BCUT2D eigenvalue weighted by Crippen LogP contribution is 2.34. The summed E-state index contributed by atoms with van der Waals surface area (Å²) in [5.74, 6) is -0.436. The summed E-state index contributed by atoms with van der Waals surface area (Å²) in [5, 5.41) is 11.2. The second-order valence-electron chi connectivity index (χ2n) is 5.00. The smallest absolute Gasteiger partial charge is 0.268 e. The molecule has 1 aliphatic rings. The summed E-state index contributed by atoms with van der Waals surface area (Å²) in [5.41, 5.74) is 0.834. The Morgan fingerprint density at radius 2 is 2.14 bits per heavy atom. The highest BCUT2D eigenvalue weighted by atomic mass is 16.5. The first-order valence-corrected chi connectivity index (χ1v) is 6.94. The number of ether oxygens (including phenoxy) is 1. The second kappa shape index (κ2) is 6.57. The van der Waals surface area contributed by atoms with Gasteiger partial charge in [0.1, 0.15) is 12.3 Å². The first-order valence-electron chi connectivity index (χ1n) is 6.94. The van der Waals surface area contributed by atoms with Crippen molar-refractivity contribution in [2.75, 3.05) is 24.6 Å². The number of nitrogens with zero attached hydrogens (tertiary/aromatic N) is 1. The molecule has 1 aromatic carbocycles. The van der Waals surface area contributed by atoms with Gasteiger partial charge in [-0.2, -0.15) is 0 Å². The SMILES string of the molecule is CC(=O)c1ccc2c(c1)N(CC(=O)NCCO)C(=O)C(C)O2. The van der Waals surface area contributed by atoms with Gasteiger partial charge in [-0.05, 0) is 32.0 Å². The summed E-state index contributed by atoms with van der Waals surface area (Å²) in [4.78, 5) is 36.9. The van der Waals surface area contributed by atoms with Crippen LogP contribution < -0.4 is 15.0 Å². The standard InChI is InChI=1S/C15H18N2O5/c1-9(19)11-3-4-13-12(7-11)17(15(21)10(2)22-13)8-14(20)16-5-6-18/h3-4,7,10,18H,5-6,8H2,1-2H3,(H,16,20). The molecule has 2 amide bonds. The van der Waals surface area contributed by atoms with Crippen LogP contribution in [0.15, 0.2) is 18.2 Å². The average molecular weight is 306 g/mol. The Morgan fingerprint density at radius 1 is 1.41 bits per heavy atom. The molecule has 7 nitrogen and oxygen atoms in total. The second-order valence-corrected chi connectivity index (χ2v) is 5.00. The van der Waals surface area contributed by atoms with Gasteiger partial charge in [0.2, 0.25) is 5.91 Å². The maximum Gasteiger partial charge on any atom is 0.268 e. The molecule has 0 spiro atoms. The number of hydrogen-bond donors (Lipinski definition) is 2. The topological polar surface area (TPSA) is 95.9 Å². The lowest BCUT2D eigenvalue weighted by atomic mass is 10.1. The Hall–Kier alpha value is -2.41. The van der Waals surface area contributed by atoms with Crippen LogP contribution in [0.4, 0.5) is 5.69 Å². The normalized spacial score (nSPS) is 16.8. The van der Waals surface area contributed by atoms with Crippen molar-refractivity contribution >= 4 is 23.3 Å². The van der Waals surface area contributed by atoms with Crippen LogP contribution in [-0.4, -0.2) is 48.5 Å². The molecule has 0 aromatic heterocycles. The minimum absolute atomic E-state index is 0.118. The van der Waals surface area contributed by atoms with Gasteiger partial charge < -0.3 is 15.2 Å². The quantitative estimate of drug-likeness (QED) is 0.753. The maximum atomic E-state index is 12.3. The number of ketones is 1. The van der Waals surface area contributed by atoms with Crippen molar-refractivity contribution in [3.8, 4) is 5.75 Å². The van der Waals surface area contributed by atoms with E-state index < -0.39 is 12.0 Å². The van der Waals surface area contributed by atoms with E-state index in [1.54, 1.807) is 25.1 Å². The third kappa shape index (κ3) is 3.25. The van der Waals surface area contributed by atoms with Crippen LogP contribution in [-0.2, 0) is 9.59 Å². The number of carbonyl (C=O) groups is 3. The summed E-state index contributed by atoms with van der Waals surface area (Å²) in [6, 6.07) is 4.78. The van der Waals surface area contributed by atoms with Gasteiger partial charge in [0.15, 0.2) is 11.9 Å². The van der Waals surface area contributed by atoms with E-state index in [0.717, 1.165) is 0 Å². The Bertz CT molecular complexity index is 614. The minimum Gasteiger partial charge on any atom is -0.479 e. The molecule has 1 heterocycles. The van der Waals surface area contributed by atoms with Crippen LogP contribution >= 0.6 is 0 Å². The van der Waals surface area contributed by atoms with E-state index in [4.69, 9.17) is 9.84 Å². The van der Waals surface area contributed by atoms with Crippen molar-refractivity contribution < 1.29 is 24.2 Å². The minimum atomic E-state index is -0.707. The molecule has 7 heteroatoms. The number of rotatable bonds is 5. The number of aliphatic hydroxyl groups excluding tert-OH is 1. The molecule has 1 atom stereocenters. The van der Waals surface area contributed by atoms with Crippen LogP contribution in [0.2, 0.25) is 0 Å². The lowest BCUT2D eigenvalue weighted by Gasteiger charge is -2.32. The third-order valence-corrected chi connectivity index (χ3v) is 3.31. The van der Waals surface area contributed by atoms with Gasteiger partial charge in [0, 0.05) is 12.1 Å². The van der Waals surface area contributed by atoms with E-state index in [0.29, 0.717) is 17.0 Å². The van der Waals surface area contributed by atoms with Crippen molar-refractivity contribution in [1.29, 1.82) is 0 Å². The summed E-state index contributed by atoms with van der Waals surface area (Å²) < 4.78 is 5.50. The molecular formula is C15H18N2O5. The molecule has 2 N–H and O–H groups in total. The van der Waals surface area contributed by atoms with Crippen molar-refractivity contribution in [3.05, 3.63) is 23.8 Å². The van der Waals surface area contributed by atoms with Gasteiger partial charge in [0.25, 0.3) is 5.91 Å². The van der Waals surface area contributed by atoms with Gasteiger partial charge in [-0.25, -0.2) is 0 Å². The number of amides is 2. The molecule has 22 heavy (non-hydrogen) atoms. The molecule has 118 valence electrons. The first kappa shape index (κ1) is 16.0. The number of hydrogen-bond acceptors (Lipinski definition) is 5. The molecule has 0 bridgehead atoms. The van der Waals surface area contributed by atoms with E-state index in [1.165, 1.54) is 11.8 Å². The van der Waals surface area contributed by atoms with Crippen LogP contribution in [0, 0.1) is 0 Å². The monoisotopic (exact) mass is 306 g/mol. The zero-order valence-electron chi connectivity index (χ0n) is 12.5. The van der Waals surface area contributed by atoms with Crippen molar-refractivity contribution in [1.82, 2.24) is 5.32 Å². The molecule has 0 aliphatic carbocycles. The third-order valence-electron chi connectivity index (χ3n) is 3.31. The van der Waals surface area contributed by atoms with E-state index in [2.05, 4.69) is 5.32 Å². The molecule has 1 unspecified atom stereocenters. The molecule has 1 aromatic rings. The molecule has 1 aliphatic heterocycles. The summed E-state index contributed by atoms with van der Waals surface area (Å²) in [7, 11) is 0. The van der Waals surface area contributed by atoms with Gasteiger partial charge in [-0.15, -0.1) is 0 Å². The highest BCUT2D eigenvalue weighted by Gasteiger charge is 2.33. The summed E-state index contributed by atoms with van der Waals surface area (Å²) in [6.07, 6.45) is -0.707. The van der Waals surface area contributed by atoms with E-state index in [-0.39, 0.29) is 31.4 Å². The number of Topliss-reactive ketones (excluding diaryl/α,β-unsaturated/α-hetero) is 1. The molecule has 0 fully saturated rings. The van der Waals surface area contributed by atoms with E-state index >= 15 is 0 Å². The largest absolute Gasteiger partial charge is 0.479 e. The number of nitrogens with one attached hydrogen (secondary N) is 1. The fraction of sp³-hybridized carbons (Fsp3) is 0.400. The number of benzene rings is 1. The van der Waals surface area contributed by atoms with Gasteiger partial charge >= 0.3 is 0 Å². The lowest BCUT2D eigenvalue weighted by molar-refractivity contribution is -0.128. The summed E-state index contributed by atoms with van der Waals surface area (Å²) >= 11 is 0. The van der Waals surface area contributed by atoms with Gasteiger partial charge in [0.05, 0.1) is 12.3 Å². The summed E-state index contributed by atoms with van der Waals surface area (Å²) in [6.45, 7) is 2.77. The molecule has 2 rings (SSSR count). The van der Waals surface area contributed by atoms with E-state index in [1.807, 2.05) is 0 Å². The van der Waals surface area contributed by atoms with Crippen LogP contribution in [0.3, 0.4) is 0 Å². The Kier molecular flexibility index (Phi) is 4.77. The Labute approximate surface area is 127 Å². The lowest BCUT2D eigenvalue weighted by Crippen LogP contribution is -2.49. The predicted octanol–water partition coefficient (Wildman–Crippen LogP) is 0.112. The van der Waals surface area contributed by atoms with Crippen LogP contribution in [0.5, 0.6) is 5.75 Å². The number of aliphatic hydroxyl groups is 1. The van der Waals surface area contributed by atoms with Crippen LogP contribution in [0.25, 0.3) is 0 Å². The van der Waals surface area contributed by atoms with Crippen molar-refractivity contribution in [3.63, 3.8) is 0 Å². The number of fused-ring (bicyclic) bond motifs is 1. The Morgan fingerprint density at radius 3 is 2.77 bits per heavy atom. The van der Waals surface area contributed by atoms with Crippen molar-refractivity contribution in [2.45, 2.75) is 20.0 Å². The van der Waals surface area contributed by atoms with Gasteiger partial charge in [-0.3, -0.25) is 19.3 Å². The molecular weight excluding hydrogens is 288 g/mol. The van der Waals surface area contributed by atoms with Gasteiger partial charge in [-0.1, -0.05) is 0 Å². The average Bonchev–Trinajstić information content (AvgIpc) is 2.49. The maximum absolute atomic E-state index is 12.3. The van der Waals surface area contributed by atoms with Crippen molar-refractivity contribution in [2.24, 2.45) is 0 Å². The zero-order valence-corrected chi connectivity index (χ0v) is 12.5. The zero-order chi connectivity index (χ0) is 16.3. The molecule has 0 saturated heterocycles. The predicted molar refractivity (Wildman–Crippen MR) is 79.0 cm³/mol. The number of carbonyl (C=O) groups excluding carboxylic acids is 3. The first-order chi connectivity index (χ1) is 10.4. The van der Waals surface area contributed by atoms with Crippen LogP contribution in [0.1, 0.15) is 24.2 Å². The fourth-order valence-electron chi connectivity index (χ4n) is 2.18.